The fourth-order valence-electron chi connectivity index (χ4n) is 2.83. The number of carbonyl (C=O) groups is 1. The molecule has 1 heterocycles. The first-order valence-corrected chi connectivity index (χ1v) is 10.3. The van der Waals surface area contributed by atoms with Gasteiger partial charge >= 0.3 is 5.97 Å². The summed E-state index contributed by atoms with van der Waals surface area (Å²) in [5.74, 6) is 0.561. The van der Waals surface area contributed by atoms with Crippen LogP contribution in [-0.4, -0.2) is 16.1 Å². The molecule has 0 saturated heterocycles. The summed E-state index contributed by atoms with van der Waals surface area (Å²) in [4.78, 5) is 15.4. The van der Waals surface area contributed by atoms with Gasteiger partial charge in [0.15, 0.2) is 5.75 Å². The summed E-state index contributed by atoms with van der Waals surface area (Å²) in [7, 11) is 0. The molecule has 0 fully saturated rings. The van der Waals surface area contributed by atoms with Gasteiger partial charge in [-0.1, -0.05) is 19.4 Å². The first-order chi connectivity index (χ1) is 13.0. The maximum absolute atomic E-state index is 10.8. The Kier molecular flexibility index (Phi) is 6.50. The van der Waals surface area contributed by atoms with Gasteiger partial charge in [-0.05, 0) is 86.7 Å². The zero-order chi connectivity index (χ0) is 19.4. The van der Waals surface area contributed by atoms with Crippen LogP contribution in [0, 0.1) is 0 Å². The van der Waals surface area contributed by atoms with Gasteiger partial charge in [-0.3, -0.25) is 9.78 Å². The van der Waals surface area contributed by atoms with E-state index in [1.54, 1.807) is 0 Å². The van der Waals surface area contributed by atoms with Crippen molar-refractivity contribution in [2.45, 2.75) is 32.6 Å². The van der Waals surface area contributed by atoms with Crippen molar-refractivity contribution < 1.29 is 14.6 Å². The quantitative estimate of drug-likeness (QED) is 0.407. The highest BCUT2D eigenvalue weighted by atomic mass is 79.9. The number of rotatable bonds is 7. The van der Waals surface area contributed by atoms with Crippen molar-refractivity contribution in [2.24, 2.45) is 0 Å². The third-order valence-electron chi connectivity index (χ3n) is 4.13. The van der Waals surface area contributed by atoms with Crippen molar-refractivity contribution >= 4 is 48.7 Å². The van der Waals surface area contributed by atoms with E-state index >= 15 is 0 Å². The number of carboxylic acid groups (broad SMARTS) is 1. The predicted octanol–water partition coefficient (Wildman–Crippen LogP) is 6.52. The van der Waals surface area contributed by atoms with E-state index in [4.69, 9.17) is 9.84 Å². The lowest BCUT2D eigenvalue weighted by molar-refractivity contribution is -0.136. The van der Waals surface area contributed by atoms with E-state index in [1.807, 2.05) is 30.3 Å². The molecule has 0 unspecified atom stereocenters. The molecule has 3 rings (SSSR count). The van der Waals surface area contributed by atoms with Crippen molar-refractivity contribution in [3.63, 3.8) is 0 Å². The number of benzene rings is 2. The number of fused-ring (bicyclic) bond motifs is 1. The number of ether oxygens (including phenoxy) is 1. The van der Waals surface area contributed by atoms with Gasteiger partial charge in [-0.15, -0.1) is 0 Å². The van der Waals surface area contributed by atoms with Gasteiger partial charge in [-0.25, -0.2) is 0 Å². The summed E-state index contributed by atoms with van der Waals surface area (Å²) >= 11 is 7.05. The van der Waals surface area contributed by atoms with Crippen molar-refractivity contribution in [3.05, 3.63) is 62.7 Å². The average Bonchev–Trinajstić information content (AvgIpc) is 2.63. The number of carboxylic acids is 1. The Morgan fingerprint density at radius 1 is 1.07 bits per heavy atom. The fraction of sp³-hybridized carbons (Fsp3) is 0.238. The zero-order valence-electron chi connectivity index (χ0n) is 14.8. The number of hydrogen-bond donors (Lipinski definition) is 1. The lowest BCUT2D eigenvalue weighted by Crippen LogP contribution is -1.98. The average molecular weight is 493 g/mol. The molecule has 0 aliphatic rings. The number of pyridine rings is 1. The zero-order valence-corrected chi connectivity index (χ0v) is 18.0. The highest BCUT2D eigenvalue weighted by Crippen LogP contribution is 2.38. The Bertz CT molecular complexity index is 965. The van der Waals surface area contributed by atoms with Crippen LogP contribution in [0.1, 0.15) is 31.0 Å². The molecule has 1 aromatic heterocycles. The second kappa shape index (κ2) is 8.85. The first-order valence-electron chi connectivity index (χ1n) is 8.73. The van der Waals surface area contributed by atoms with Gasteiger partial charge in [0.25, 0.3) is 0 Å². The van der Waals surface area contributed by atoms with E-state index in [-0.39, 0.29) is 6.42 Å². The lowest BCUT2D eigenvalue weighted by atomic mass is 10.1. The van der Waals surface area contributed by atoms with Gasteiger partial charge in [0.1, 0.15) is 5.75 Å². The first kappa shape index (κ1) is 19.8. The highest BCUT2D eigenvalue weighted by molar-refractivity contribution is 9.11. The highest BCUT2D eigenvalue weighted by Gasteiger charge is 2.12. The van der Waals surface area contributed by atoms with Gasteiger partial charge in [0.2, 0.25) is 0 Å². The summed E-state index contributed by atoms with van der Waals surface area (Å²) in [6.45, 7) is 2.14. The molecule has 140 valence electrons. The van der Waals surface area contributed by atoms with E-state index in [9.17, 15) is 4.79 Å². The number of aromatic nitrogens is 1. The normalized spacial score (nSPS) is 10.9. The van der Waals surface area contributed by atoms with Crippen LogP contribution in [0.5, 0.6) is 11.5 Å². The topological polar surface area (TPSA) is 59.4 Å². The maximum atomic E-state index is 10.8. The molecule has 3 aromatic rings. The van der Waals surface area contributed by atoms with Crippen molar-refractivity contribution in [1.29, 1.82) is 0 Å². The monoisotopic (exact) mass is 491 g/mol. The van der Waals surface area contributed by atoms with E-state index in [0.29, 0.717) is 17.9 Å². The molecular formula is C21H19Br2NO3. The lowest BCUT2D eigenvalue weighted by Gasteiger charge is -2.12. The Morgan fingerprint density at radius 3 is 2.48 bits per heavy atom. The van der Waals surface area contributed by atoms with Crippen LogP contribution in [0.3, 0.4) is 0 Å². The van der Waals surface area contributed by atoms with E-state index in [1.165, 1.54) is 0 Å². The van der Waals surface area contributed by atoms with Crippen molar-refractivity contribution in [2.75, 3.05) is 0 Å². The van der Waals surface area contributed by atoms with E-state index < -0.39 is 5.97 Å². The minimum atomic E-state index is -0.811. The predicted molar refractivity (Wildman–Crippen MR) is 114 cm³/mol. The standard InChI is InChI=1S/C21H19Br2NO3/c1-2-3-15-6-5-14-12-16(7-8-19(14)24-15)27-21-17(22)10-13(11-18(21)23)4-9-20(25)26/h5-8,10-12H,2-4,9H2,1H3,(H,25,26). The van der Waals surface area contributed by atoms with Gasteiger partial charge < -0.3 is 9.84 Å². The molecular weight excluding hydrogens is 474 g/mol. The van der Waals surface area contributed by atoms with Crippen molar-refractivity contribution in [3.8, 4) is 11.5 Å². The van der Waals surface area contributed by atoms with Gasteiger partial charge in [0.05, 0.1) is 14.5 Å². The molecule has 0 atom stereocenters. The molecule has 4 nitrogen and oxygen atoms in total. The second-order valence-electron chi connectivity index (χ2n) is 6.29. The van der Waals surface area contributed by atoms with Crippen LogP contribution in [0.25, 0.3) is 10.9 Å². The fourth-order valence-corrected chi connectivity index (χ4v) is 4.27. The van der Waals surface area contributed by atoms with Crippen LogP contribution in [-0.2, 0) is 17.6 Å². The maximum Gasteiger partial charge on any atom is 0.303 e. The number of aliphatic carboxylic acids is 1. The molecule has 0 bridgehead atoms. The third-order valence-corrected chi connectivity index (χ3v) is 5.31. The Hall–Kier alpha value is -1.92. The largest absolute Gasteiger partial charge is 0.481 e. The van der Waals surface area contributed by atoms with E-state index in [0.717, 1.165) is 43.9 Å². The minimum Gasteiger partial charge on any atom is -0.481 e. The molecule has 6 heteroatoms. The summed E-state index contributed by atoms with van der Waals surface area (Å²) in [6, 6.07) is 13.7. The molecule has 0 aliphatic carbocycles. The van der Waals surface area contributed by atoms with Crippen LogP contribution in [0.4, 0.5) is 0 Å². The minimum absolute atomic E-state index is 0.0940. The number of hydrogen-bond acceptors (Lipinski definition) is 3. The second-order valence-corrected chi connectivity index (χ2v) is 8.00. The Balaban J connectivity index is 1.84. The molecule has 0 saturated carbocycles. The number of aryl methyl sites for hydroxylation is 2. The molecule has 0 radical (unpaired) electrons. The van der Waals surface area contributed by atoms with Crippen LogP contribution >= 0.6 is 31.9 Å². The third kappa shape index (κ3) is 5.08. The molecule has 27 heavy (non-hydrogen) atoms. The SMILES string of the molecule is CCCc1ccc2cc(Oc3c(Br)cc(CCC(=O)O)cc3Br)ccc2n1. The van der Waals surface area contributed by atoms with Crippen LogP contribution in [0.15, 0.2) is 51.4 Å². The summed E-state index contributed by atoms with van der Waals surface area (Å²) < 4.78 is 7.61. The van der Waals surface area contributed by atoms with Gasteiger partial charge in [-0.2, -0.15) is 0 Å². The van der Waals surface area contributed by atoms with Crippen molar-refractivity contribution in [1.82, 2.24) is 4.98 Å². The summed E-state index contributed by atoms with van der Waals surface area (Å²) in [5.41, 5.74) is 2.98. The molecule has 2 aromatic carbocycles. The van der Waals surface area contributed by atoms with Crippen LogP contribution in [0.2, 0.25) is 0 Å². The number of halogens is 2. The molecule has 0 aliphatic heterocycles. The molecule has 1 N–H and O–H groups in total. The Labute approximate surface area is 174 Å². The molecule has 0 spiro atoms. The summed E-state index contributed by atoms with van der Waals surface area (Å²) in [6.07, 6.45) is 2.61. The van der Waals surface area contributed by atoms with E-state index in [2.05, 4.69) is 55.9 Å². The molecule has 0 amide bonds. The number of nitrogens with zero attached hydrogens (tertiary/aromatic N) is 1. The van der Waals surface area contributed by atoms with Crippen LogP contribution < -0.4 is 4.74 Å². The Morgan fingerprint density at radius 2 is 1.81 bits per heavy atom. The van der Waals surface area contributed by atoms with Gasteiger partial charge in [0, 0.05) is 17.5 Å². The summed E-state index contributed by atoms with van der Waals surface area (Å²) in [5, 5.41) is 9.87. The smallest absolute Gasteiger partial charge is 0.303 e.